The van der Waals surface area contributed by atoms with Crippen LogP contribution in [0.25, 0.3) is 0 Å². The summed E-state index contributed by atoms with van der Waals surface area (Å²) in [6.07, 6.45) is 1.45. The van der Waals surface area contributed by atoms with Gasteiger partial charge in [0.05, 0.1) is 18.5 Å². The van der Waals surface area contributed by atoms with Crippen LogP contribution in [0.3, 0.4) is 0 Å². The van der Waals surface area contributed by atoms with Crippen LogP contribution in [0.4, 0.5) is 10.1 Å². The molecule has 0 unspecified atom stereocenters. The van der Waals surface area contributed by atoms with E-state index in [1.807, 2.05) is 25.1 Å². The lowest BCUT2D eigenvalue weighted by atomic mass is 10.0. The molecule has 1 fully saturated rings. The third-order valence-electron chi connectivity index (χ3n) is 5.61. The molecule has 0 N–H and O–H groups in total. The molecule has 0 saturated carbocycles. The predicted molar refractivity (Wildman–Crippen MR) is 113 cm³/mol. The van der Waals surface area contributed by atoms with Crippen LogP contribution in [-0.4, -0.2) is 29.0 Å². The summed E-state index contributed by atoms with van der Waals surface area (Å²) in [6, 6.07) is 15.5. The van der Waals surface area contributed by atoms with Crippen molar-refractivity contribution in [3.63, 3.8) is 0 Å². The van der Waals surface area contributed by atoms with E-state index >= 15 is 0 Å². The number of hydrogen-bond acceptors (Lipinski definition) is 4. The number of amides is 2. The van der Waals surface area contributed by atoms with Crippen LogP contribution >= 0.6 is 11.8 Å². The Labute approximate surface area is 177 Å². The van der Waals surface area contributed by atoms with E-state index in [1.165, 1.54) is 24.1 Å². The molecule has 0 radical (unpaired) electrons. The molecule has 2 aromatic carbocycles. The van der Waals surface area contributed by atoms with E-state index in [4.69, 9.17) is 4.42 Å². The molecule has 2 amide bonds. The summed E-state index contributed by atoms with van der Waals surface area (Å²) in [7, 11) is 0. The van der Waals surface area contributed by atoms with Crippen LogP contribution in [-0.2, 0) is 16.2 Å². The Balaban J connectivity index is 1.62. The first kappa shape index (κ1) is 18.9. The maximum absolute atomic E-state index is 14.3. The minimum Gasteiger partial charge on any atom is -0.459 e. The Bertz CT molecular complexity index is 1150. The molecule has 7 heteroatoms. The largest absolute Gasteiger partial charge is 0.459 e. The van der Waals surface area contributed by atoms with E-state index in [0.29, 0.717) is 23.5 Å². The summed E-state index contributed by atoms with van der Waals surface area (Å²) in [5, 5.41) is 0. The second-order valence-corrected chi connectivity index (χ2v) is 8.72. The summed E-state index contributed by atoms with van der Waals surface area (Å²) >= 11 is 1.44. The van der Waals surface area contributed by atoms with Gasteiger partial charge in [-0.2, -0.15) is 0 Å². The average molecular weight is 422 g/mol. The summed E-state index contributed by atoms with van der Waals surface area (Å²) in [6.45, 7) is 2.49. The minimum atomic E-state index is -1.17. The molecule has 5 nitrogen and oxygen atoms in total. The lowest BCUT2D eigenvalue weighted by Crippen LogP contribution is -2.50. The summed E-state index contributed by atoms with van der Waals surface area (Å²) < 4.78 is 19.7. The highest BCUT2D eigenvalue weighted by Gasteiger charge is 2.59. The quantitative estimate of drug-likeness (QED) is 0.631. The van der Waals surface area contributed by atoms with Crippen molar-refractivity contribution < 1.29 is 18.4 Å². The third kappa shape index (κ3) is 2.69. The van der Waals surface area contributed by atoms with Crippen molar-refractivity contribution in [2.45, 2.75) is 18.3 Å². The Hall–Kier alpha value is -3.06. The monoisotopic (exact) mass is 422 g/mol. The molecular formula is C23H19FN2O3S. The molecule has 30 heavy (non-hydrogen) atoms. The zero-order valence-corrected chi connectivity index (χ0v) is 17.1. The van der Waals surface area contributed by atoms with Gasteiger partial charge in [-0.25, -0.2) is 4.39 Å². The van der Waals surface area contributed by atoms with Gasteiger partial charge in [0.2, 0.25) is 0 Å². The standard InChI is InChI=1S/C23H19FN2O3S/c1-15-8-9-19-17(13-15)23(22(28)25(19)14-16-5-2-3-6-18(16)24)26(10-12-30-23)21(27)20-7-4-11-29-20/h2-9,11,13H,10,12,14H2,1H3/t23-/m0/s1. The molecule has 2 aliphatic rings. The minimum absolute atomic E-state index is 0.104. The molecule has 1 saturated heterocycles. The Kier molecular flexibility index (Phi) is 4.43. The second-order valence-electron chi connectivity index (χ2n) is 7.43. The highest BCUT2D eigenvalue weighted by Crippen LogP contribution is 2.55. The normalized spacial score (nSPS) is 20.3. The van der Waals surface area contributed by atoms with E-state index in [1.54, 1.807) is 40.1 Å². The number of fused-ring (bicyclic) bond motifs is 2. The van der Waals surface area contributed by atoms with Gasteiger partial charge in [0, 0.05) is 23.4 Å². The molecule has 3 heterocycles. The van der Waals surface area contributed by atoms with E-state index in [-0.39, 0.29) is 29.9 Å². The third-order valence-corrected chi connectivity index (χ3v) is 7.03. The number of furan rings is 1. The number of benzene rings is 2. The van der Waals surface area contributed by atoms with Gasteiger partial charge in [-0.15, -0.1) is 11.8 Å². The van der Waals surface area contributed by atoms with E-state index in [9.17, 15) is 14.0 Å². The number of aryl methyl sites for hydroxylation is 1. The van der Waals surface area contributed by atoms with Crippen molar-refractivity contribution in [3.8, 4) is 0 Å². The van der Waals surface area contributed by atoms with Crippen molar-refractivity contribution >= 4 is 29.3 Å². The van der Waals surface area contributed by atoms with Crippen molar-refractivity contribution in [2.75, 3.05) is 17.2 Å². The first-order chi connectivity index (χ1) is 14.5. The fourth-order valence-corrected chi connectivity index (χ4v) is 5.67. The Morgan fingerprint density at radius 3 is 2.80 bits per heavy atom. The van der Waals surface area contributed by atoms with Crippen molar-refractivity contribution in [1.29, 1.82) is 0 Å². The average Bonchev–Trinajstić information content (AvgIpc) is 3.47. The number of halogens is 1. The van der Waals surface area contributed by atoms with Gasteiger partial charge in [-0.1, -0.05) is 35.9 Å². The number of thioether (sulfide) groups is 1. The van der Waals surface area contributed by atoms with Crippen LogP contribution in [0.2, 0.25) is 0 Å². The van der Waals surface area contributed by atoms with Crippen LogP contribution in [0, 0.1) is 12.7 Å². The molecule has 1 aromatic heterocycles. The number of carbonyl (C=O) groups excluding carboxylic acids is 2. The first-order valence-electron chi connectivity index (χ1n) is 9.68. The SMILES string of the molecule is Cc1ccc2c(c1)[C@]1(SCCN1C(=O)c1ccco1)C(=O)N2Cc1ccccc1F. The van der Waals surface area contributed by atoms with Gasteiger partial charge in [-0.3, -0.25) is 9.59 Å². The van der Waals surface area contributed by atoms with Crippen LogP contribution in [0.5, 0.6) is 0 Å². The fraction of sp³-hybridized carbons (Fsp3) is 0.217. The first-order valence-corrected chi connectivity index (χ1v) is 10.7. The van der Waals surface area contributed by atoms with Gasteiger partial charge in [0.1, 0.15) is 5.82 Å². The summed E-state index contributed by atoms with van der Waals surface area (Å²) in [5.41, 5.74) is 2.90. The Morgan fingerprint density at radius 2 is 2.03 bits per heavy atom. The predicted octanol–water partition coefficient (Wildman–Crippen LogP) is 4.32. The lowest BCUT2D eigenvalue weighted by molar-refractivity contribution is -0.123. The van der Waals surface area contributed by atoms with E-state index in [2.05, 4.69) is 0 Å². The van der Waals surface area contributed by atoms with Gasteiger partial charge < -0.3 is 14.2 Å². The number of anilines is 1. The van der Waals surface area contributed by atoms with Crippen LogP contribution < -0.4 is 4.90 Å². The molecule has 2 aliphatic heterocycles. The molecular weight excluding hydrogens is 403 g/mol. The van der Waals surface area contributed by atoms with Crippen molar-refractivity contribution in [1.82, 2.24) is 4.90 Å². The van der Waals surface area contributed by atoms with E-state index < -0.39 is 4.87 Å². The molecule has 152 valence electrons. The molecule has 0 bridgehead atoms. The lowest BCUT2D eigenvalue weighted by Gasteiger charge is -2.32. The summed E-state index contributed by atoms with van der Waals surface area (Å²) in [5.74, 6) is -0.0831. The van der Waals surface area contributed by atoms with Gasteiger partial charge in [-0.05, 0) is 31.2 Å². The molecule has 1 spiro atoms. The number of rotatable bonds is 3. The smallest absolute Gasteiger partial charge is 0.291 e. The Morgan fingerprint density at radius 1 is 1.20 bits per heavy atom. The zero-order chi connectivity index (χ0) is 20.9. The van der Waals surface area contributed by atoms with Crippen LogP contribution in [0.1, 0.15) is 27.2 Å². The molecule has 3 aromatic rings. The maximum Gasteiger partial charge on any atom is 0.291 e. The number of hydrogen-bond donors (Lipinski definition) is 0. The number of carbonyl (C=O) groups is 2. The number of nitrogens with zero attached hydrogens (tertiary/aromatic N) is 2. The topological polar surface area (TPSA) is 53.8 Å². The van der Waals surface area contributed by atoms with Crippen molar-refractivity contribution in [3.05, 3.63) is 89.1 Å². The highest BCUT2D eigenvalue weighted by atomic mass is 32.2. The summed E-state index contributed by atoms with van der Waals surface area (Å²) in [4.78, 5) is 29.1. The van der Waals surface area contributed by atoms with E-state index in [0.717, 1.165) is 11.1 Å². The fourth-order valence-electron chi connectivity index (χ4n) is 4.22. The maximum atomic E-state index is 14.3. The van der Waals surface area contributed by atoms with Crippen LogP contribution in [0.15, 0.2) is 65.3 Å². The molecule has 0 aliphatic carbocycles. The van der Waals surface area contributed by atoms with Gasteiger partial charge in [0.25, 0.3) is 11.8 Å². The van der Waals surface area contributed by atoms with Crippen molar-refractivity contribution in [2.24, 2.45) is 0 Å². The van der Waals surface area contributed by atoms with Gasteiger partial charge in [0.15, 0.2) is 10.6 Å². The zero-order valence-electron chi connectivity index (χ0n) is 16.3. The molecule has 1 atom stereocenters. The van der Waals surface area contributed by atoms with Gasteiger partial charge >= 0.3 is 0 Å². The molecule has 5 rings (SSSR count). The highest BCUT2D eigenvalue weighted by molar-refractivity contribution is 8.01. The second kappa shape index (κ2) is 7.02.